The third kappa shape index (κ3) is 4.16. The molecule has 140 valence electrons. The van der Waals surface area contributed by atoms with E-state index in [1.165, 1.54) is 11.1 Å². The van der Waals surface area contributed by atoms with Gasteiger partial charge in [-0.3, -0.25) is 4.79 Å². The highest BCUT2D eigenvalue weighted by molar-refractivity contribution is 6.31. The van der Waals surface area contributed by atoms with Gasteiger partial charge in [-0.15, -0.1) is 0 Å². The van der Waals surface area contributed by atoms with Gasteiger partial charge in [-0.2, -0.15) is 0 Å². The fraction of sp³-hybridized carbons (Fsp3) is 0.364. The SMILES string of the molecule is Cc1ccc(CCC(=O)N2CCC(c3nc4cc(Cl)ccc4o3)CC2)cc1. The van der Waals surface area contributed by atoms with Crippen LogP contribution >= 0.6 is 11.6 Å². The quantitative estimate of drug-likeness (QED) is 0.628. The van der Waals surface area contributed by atoms with Crippen LogP contribution in [0.25, 0.3) is 11.1 Å². The normalized spacial score (nSPS) is 15.4. The number of carbonyl (C=O) groups is 1. The van der Waals surface area contributed by atoms with Crippen LogP contribution in [0.4, 0.5) is 0 Å². The van der Waals surface area contributed by atoms with Crippen molar-refractivity contribution in [2.24, 2.45) is 0 Å². The molecule has 27 heavy (non-hydrogen) atoms. The molecule has 1 fully saturated rings. The predicted octanol–water partition coefficient (Wildman–Crippen LogP) is 5.13. The second-order valence-corrected chi connectivity index (χ2v) is 7.74. The molecule has 1 saturated heterocycles. The Morgan fingerprint density at radius 1 is 1.19 bits per heavy atom. The minimum absolute atomic E-state index is 0.235. The summed E-state index contributed by atoms with van der Waals surface area (Å²) in [6.45, 7) is 3.60. The van der Waals surface area contributed by atoms with Crippen molar-refractivity contribution in [3.05, 3.63) is 64.5 Å². The monoisotopic (exact) mass is 382 g/mol. The molecule has 2 heterocycles. The topological polar surface area (TPSA) is 46.3 Å². The van der Waals surface area contributed by atoms with Gasteiger partial charge in [-0.1, -0.05) is 41.4 Å². The smallest absolute Gasteiger partial charge is 0.222 e. The van der Waals surface area contributed by atoms with Gasteiger partial charge in [0.05, 0.1) is 0 Å². The van der Waals surface area contributed by atoms with E-state index >= 15 is 0 Å². The molecule has 2 aromatic carbocycles. The highest BCUT2D eigenvalue weighted by Crippen LogP contribution is 2.31. The first-order chi connectivity index (χ1) is 13.1. The molecule has 1 aromatic heterocycles. The Labute approximate surface area is 164 Å². The van der Waals surface area contributed by atoms with Crippen LogP contribution in [0.15, 0.2) is 46.9 Å². The summed E-state index contributed by atoms with van der Waals surface area (Å²) in [5.41, 5.74) is 4.03. The highest BCUT2D eigenvalue weighted by atomic mass is 35.5. The number of amides is 1. The highest BCUT2D eigenvalue weighted by Gasteiger charge is 2.26. The molecule has 0 unspecified atom stereocenters. The summed E-state index contributed by atoms with van der Waals surface area (Å²) < 4.78 is 5.90. The Kier molecular flexibility index (Phi) is 5.17. The number of halogens is 1. The van der Waals surface area contributed by atoms with Gasteiger partial charge in [0, 0.05) is 30.5 Å². The number of rotatable bonds is 4. The molecule has 1 aliphatic rings. The summed E-state index contributed by atoms with van der Waals surface area (Å²) in [7, 11) is 0. The molecule has 0 bridgehead atoms. The lowest BCUT2D eigenvalue weighted by molar-refractivity contribution is -0.132. The fourth-order valence-corrected chi connectivity index (χ4v) is 3.80. The van der Waals surface area contributed by atoms with Gasteiger partial charge in [0.25, 0.3) is 0 Å². The van der Waals surface area contributed by atoms with Gasteiger partial charge < -0.3 is 9.32 Å². The van der Waals surface area contributed by atoms with Gasteiger partial charge >= 0.3 is 0 Å². The zero-order valence-electron chi connectivity index (χ0n) is 15.5. The van der Waals surface area contributed by atoms with Crippen LogP contribution in [0.5, 0.6) is 0 Å². The zero-order valence-corrected chi connectivity index (χ0v) is 16.2. The van der Waals surface area contributed by atoms with E-state index in [0.29, 0.717) is 11.4 Å². The van der Waals surface area contributed by atoms with Crippen LogP contribution in [0.2, 0.25) is 5.02 Å². The lowest BCUT2D eigenvalue weighted by atomic mass is 9.96. The summed E-state index contributed by atoms with van der Waals surface area (Å²) in [6.07, 6.45) is 3.13. The largest absolute Gasteiger partial charge is 0.440 e. The number of oxazole rings is 1. The fourth-order valence-electron chi connectivity index (χ4n) is 3.63. The van der Waals surface area contributed by atoms with Crippen molar-refractivity contribution in [3.8, 4) is 0 Å². The van der Waals surface area contributed by atoms with Crippen molar-refractivity contribution < 1.29 is 9.21 Å². The Hall–Kier alpha value is -2.33. The van der Waals surface area contributed by atoms with Gasteiger partial charge in [0.15, 0.2) is 11.5 Å². The van der Waals surface area contributed by atoms with E-state index in [1.807, 2.05) is 23.1 Å². The van der Waals surface area contributed by atoms with Crippen LogP contribution in [-0.2, 0) is 11.2 Å². The zero-order chi connectivity index (χ0) is 18.8. The molecule has 1 aliphatic heterocycles. The summed E-state index contributed by atoms with van der Waals surface area (Å²) in [5, 5.41) is 0.663. The number of nitrogens with zero attached hydrogens (tertiary/aromatic N) is 2. The molecule has 3 aromatic rings. The van der Waals surface area contributed by atoms with Crippen LogP contribution in [0, 0.1) is 6.92 Å². The molecule has 4 nitrogen and oxygen atoms in total. The number of hydrogen-bond donors (Lipinski definition) is 0. The van der Waals surface area contributed by atoms with Gasteiger partial charge in [0.1, 0.15) is 5.52 Å². The molecule has 0 atom stereocenters. The molecule has 0 saturated carbocycles. The maximum Gasteiger partial charge on any atom is 0.222 e. The maximum atomic E-state index is 12.5. The minimum Gasteiger partial charge on any atom is -0.440 e. The number of benzene rings is 2. The van der Waals surface area contributed by atoms with E-state index < -0.39 is 0 Å². The second-order valence-electron chi connectivity index (χ2n) is 7.30. The molecule has 0 spiro atoms. The van der Waals surface area contributed by atoms with Crippen LogP contribution < -0.4 is 0 Å². The van der Waals surface area contributed by atoms with E-state index in [-0.39, 0.29) is 11.8 Å². The van der Waals surface area contributed by atoms with E-state index in [2.05, 4.69) is 36.2 Å². The number of aromatic nitrogens is 1. The number of hydrogen-bond acceptors (Lipinski definition) is 3. The van der Waals surface area contributed by atoms with E-state index in [1.54, 1.807) is 0 Å². The van der Waals surface area contributed by atoms with Gasteiger partial charge in [-0.25, -0.2) is 4.98 Å². The third-order valence-electron chi connectivity index (χ3n) is 5.31. The number of likely N-dealkylation sites (tertiary alicyclic amines) is 1. The molecule has 0 N–H and O–H groups in total. The van der Waals surface area contributed by atoms with E-state index in [0.717, 1.165) is 49.3 Å². The summed E-state index contributed by atoms with van der Waals surface area (Å²) >= 11 is 6.02. The Morgan fingerprint density at radius 2 is 1.93 bits per heavy atom. The Balaban J connectivity index is 1.32. The molecule has 4 rings (SSSR count). The van der Waals surface area contributed by atoms with Crippen LogP contribution in [0.1, 0.15) is 42.2 Å². The summed E-state index contributed by atoms with van der Waals surface area (Å²) in [4.78, 5) is 19.1. The average Bonchev–Trinajstić information content (AvgIpc) is 3.10. The Bertz CT molecular complexity index is 941. The number of fused-ring (bicyclic) bond motifs is 1. The molecule has 0 aliphatic carbocycles. The van der Waals surface area contributed by atoms with Crippen molar-refractivity contribution in [1.29, 1.82) is 0 Å². The van der Waals surface area contributed by atoms with E-state index in [4.69, 9.17) is 16.0 Å². The maximum absolute atomic E-state index is 12.5. The Morgan fingerprint density at radius 3 is 2.67 bits per heavy atom. The first-order valence-corrected chi connectivity index (χ1v) is 9.85. The minimum atomic E-state index is 0.235. The van der Waals surface area contributed by atoms with E-state index in [9.17, 15) is 4.79 Å². The first kappa shape index (κ1) is 18.1. The average molecular weight is 383 g/mol. The lowest BCUT2D eigenvalue weighted by Crippen LogP contribution is -2.38. The van der Waals surface area contributed by atoms with Crippen molar-refractivity contribution in [2.45, 2.75) is 38.5 Å². The van der Waals surface area contributed by atoms with Crippen molar-refractivity contribution in [3.63, 3.8) is 0 Å². The molecule has 1 amide bonds. The van der Waals surface area contributed by atoms with Crippen LogP contribution in [0.3, 0.4) is 0 Å². The second kappa shape index (κ2) is 7.73. The van der Waals surface area contributed by atoms with Crippen molar-refractivity contribution in [2.75, 3.05) is 13.1 Å². The predicted molar refractivity (Wildman–Crippen MR) is 107 cm³/mol. The first-order valence-electron chi connectivity index (χ1n) is 9.48. The third-order valence-corrected chi connectivity index (χ3v) is 5.55. The van der Waals surface area contributed by atoms with Gasteiger partial charge in [0.2, 0.25) is 5.91 Å². The summed E-state index contributed by atoms with van der Waals surface area (Å²) in [5.74, 6) is 1.26. The van der Waals surface area contributed by atoms with Crippen molar-refractivity contribution in [1.82, 2.24) is 9.88 Å². The number of piperidine rings is 1. The van der Waals surface area contributed by atoms with Crippen molar-refractivity contribution >= 4 is 28.6 Å². The lowest BCUT2D eigenvalue weighted by Gasteiger charge is -2.30. The summed E-state index contributed by atoms with van der Waals surface area (Å²) in [6, 6.07) is 13.9. The number of carbonyl (C=O) groups excluding carboxylic acids is 1. The molecule has 0 radical (unpaired) electrons. The molecular formula is C22H23ClN2O2. The van der Waals surface area contributed by atoms with Crippen LogP contribution in [-0.4, -0.2) is 28.9 Å². The molecule has 5 heteroatoms. The standard InChI is InChI=1S/C22H23ClN2O2/c1-15-2-4-16(5-3-15)6-9-21(26)25-12-10-17(11-13-25)22-24-19-14-18(23)7-8-20(19)27-22/h2-5,7-8,14,17H,6,9-13H2,1H3. The molecular weight excluding hydrogens is 360 g/mol. The number of aryl methyl sites for hydroxylation is 2. The van der Waals surface area contributed by atoms with Gasteiger partial charge in [-0.05, 0) is 49.9 Å².